The van der Waals surface area contributed by atoms with E-state index in [1.54, 1.807) is 30.2 Å². The first-order chi connectivity index (χ1) is 14.1. The Balaban J connectivity index is 1.96. The van der Waals surface area contributed by atoms with E-state index < -0.39 is 6.04 Å². The number of allylic oxidation sites excluding steroid dienone is 1. The van der Waals surface area contributed by atoms with E-state index in [0.717, 1.165) is 35.7 Å². The largest absolute Gasteiger partial charge is 0.467 e. The Morgan fingerprint density at radius 3 is 2.62 bits per heavy atom. The highest BCUT2D eigenvalue weighted by Gasteiger charge is 2.33. The molecule has 2 amide bonds. The molecule has 154 valence electrons. The zero-order chi connectivity index (χ0) is 20.6. The second-order valence-corrected chi connectivity index (χ2v) is 8.17. The molecule has 1 aliphatic rings. The van der Waals surface area contributed by atoms with Crippen LogP contribution in [-0.2, 0) is 16.1 Å². The molecule has 1 N–H and O–H groups in total. The zero-order valence-corrected chi connectivity index (χ0v) is 18.2. The molecule has 0 spiro atoms. The van der Waals surface area contributed by atoms with E-state index in [0.29, 0.717) is 5.76 Å². The summed E-state index contributed by atoms with van der Waals surface area (Å²) in [7, 11) is 0. The van der Waals surface area contributed by atoms with Gasteiger partial charge in [0.25, 0.3) is 0 Å². The summed E-state index contributed by atoms with van der Waals surface area (Å²) >= 11 is 3.57. The molecular formula is C23H27BrN2O3. The molecule has 1 heterocycles. The zero-order valence-electron chi connectivity index (χ0n) is 16.6. The second-order valence-electron chi connectivity index (χ2n) is 7.31. The second kappa shape index (κ2) is 10.4. The van der Waals surface area contributed by atoms with E-state index in [4.69, 9.17) is 4.42 Å². The van der Waals surface area contributed by atoms with Crippen molar-refractivity contribution in [1.29, 1.82) is 0 Å². The fourth-order valence-electron chi connectivity index (χ4n) is 3.78. The third-order valence-electron chi connectivity index (χ3n) is 5.21. The minimum Gasteiger partial charge on any atom is -0.467 e. The van der Waals surface area contributed by atoms with Crippen molar-refractivity contribution < 1.29 is 14.0 Å². The van der Waals surface area contributed by atoms with Crippen LogP contribution in [0.1, 0.15) is 56.4 Å². The average Bonchev–Trinajstić information content (AvgIpc) is 3.23. The Bertz CT molecular complexity index is 842. The minimum atomic E-state index is -0.763. The van der Waals surface area contributed by atoms with Crippen LogP contribution in [0.25, 0.3) is 0 Å². The van der Waals surface area contributed by atoms with E-state index in [1.165, 1.54) is 12.5 Å². The average molecular weight is 459 g/mol. The third-order valence-corrected chi connectivity index (χ3v) is 5.93. The number of nitrogens with one attached hydrogen (secondary N) is 1. The van der Waals surface area contributed by atoms with Gasteiger partial charge in [0.05, 0.1) is 12.8 Å². The van der Waals surface area contributed by atoms with Crippen LogP contribution in [0.4, 0.5) is 0 Å². The summed E-state index contributed by atoms with van der Waals surface area (Å²) in [6, 6.07) is 10.5. The Morgan fingerprint density at radius 2 is 1.97 bits per heavy atom. The van der Waals surface area contributed by atoms with Gasteiger partial charge in [-0.25, -0.2) is 0 Å². The SMILES string of the molecule is C/C=C/C(=O)N(Cc1ccco1)C(C(=O)NC1CCCCC1)c1ccccc1Br. The summed E-state index contributed by atoms with van der Waals surface area (Å²) in [6.07, 6.45) is 10.2. The summed E-state index contributed by atoms with van der Waals surface area (Å²) in [5.74, 6) is 0.238. The number of halogens is 1. The molecule has 0 radical (unpaired) electrons. The number of carbonyl (C=O) groups is 2. The first kappa shape index (κ1) is 21.4. The van der Waals surface area contributed by atoms with E-state index >= 15 is 0 Å². The summed E-state index contributed by atoms with van der Waals surface area (Å²) in [4.78, 5) is 28.0. The minimum absolute atomic E-state index is 0.156. The van der Waals surface area contributed by atoms with Crippen molar-refractivity contribution in [2.24, 2.45) is 0 Å². The number of hydrogen-bond donors (Lipinski definition) is 1. The standard InChI is InChI=1S/C23H27BrN2O3/c1-2-9-21(27)26(16-18-12-8-15-29-18)22(19-13-6-7-14-20(19)24)23(28)25-17-10-4-3-5-11-17/h2,6-9,12-15,17,22H,3-5,10-11,16H2,1H3,(H,25,28)/b9-2+. The van der Waals surface area contributed by atoms with Crippen LogP contribution in [0.5, 0.6) is 0 Å². The lowest BCUT2D eigenvalue weighted by atomic mass is 9.94. The van der Waals surface area contributed by atoms with E-state index in [1.807, 2.05) is 30.3 Å². The van der Waals surface area contributed by atoms with Crippen molar-refractivity contribution in [1.82, 2.24) is 10.2 Å². The summed E-state index contributed by atoms with van der Waals surface area (Å²) < 4.78 is 6.27. The van der Waals surface area contributed by atoms with Gasteiger partial charge in [-0.2, -0.15) is 0 Å². The Hall–Kier alpha value is -2.34. The van der Waals surface area contributed by atoms with Crippen molar-refractivity contribution >= 4 is 27.7 Å². The van der Waals surface area contributed by atoms with Crippen LogP contribution in [0.2, 0.25) is 0 Å². The van der Waals surface area contributed by atoms with Crippen LogP contribution < -0.4 is 5.32 Å². The monoisotopic (exact) mass is 458 g/mol. The van der Waals surface area contributed by atoms with Gasteiger partial charge < -0.3 is 14.6 Å². The maximum Gasteiger partial charge on any atom is 0.247 e. The molecule has 0 saturated heterocycles. The molecule has 29 heavy (non-hydrogen) atoms. The van der Waals surface area contributed by atoms with Crippen molar-refractivity contribution in [2.75, 3.05) is 0 Å². The molecule has 2 aromatic rings. The molecule has 1 fully saturated rings. The van der Waals surface area contributed by atoms with Crippen molar-refractivity contribution in [2.45, 2.75) is 57.7 Å². The molecule has 1 atom stereocenters. The molecule has 1 aromatic heterocycles. The van der Waals surface area contributed by atoms with Crippen LogP contribution >= 0.6 is 15.9 Å². The lowest BCUT2D eigenvalue weighted by molar-refractivity contribution is -0.139. The molecule has 1 unspecified atom stereocenters. The number of amides is 2. The lowest BCUT2D eigenvalue weighted by Gasteiger charge is -2.32. The number of benzene rings is 1. The number of nitrogens with zero attached hydrogens (tertiary/aromatic N) is 1. The highest BCUT2D eigenvalue weighted by molar-refractivity contribution is 9.10. The van der Waals surface area contributed by atoms with E-state index in [-0.39, 0.29) is 24.4 Å². The summed E-state index contributed by atoms with van der Waals surface area (Å²) in [5, 5.41) is 3.19. The van der Waals surface area contributed by atoms with Gasteiger partial charge in [0.1, 0.15) is 11.8 Å². The first-order valence-corrected chi connectivity index (χ1v) is 10.9. The number of carbonyl (C=O) groups excluding carboxylic acids is 2. The van der Waals surface area contributed by atoms with Gasteiger partial charge in [0.15, 0.2) is 0 Å². The fraction of sp³-hybridized carbons (Fsp3) is 0.391. The number of rotatable bonds is 7. The molecular weight excluding hydrogens is 432 g/mol. The number of hydrogen-bond acceptors (Lipinski definition) is 3. The van der Waals surface area contributed by atoms with Gasteiger partial charge in [-0.1, -0.05) is 59.5 Å². The molecule has 1 aromatic carbocycles. The molecule has 1 aliphatic carbocycles. The van der Waals surface area contributed by atoms with Crippen LogP contribution in [0, 0.1) is 0 Å². The van der Waals surface area contributed by atoms with Crippen LogP contribution in [0.3, 0.4) is 0 Å². The van der Waals surface area contributed by atoms with Crippen LogP contribution in [0.15, 0.2) is 63.7 Å². The Morgan fingerprint density at radius 1 is 1.21 bits per heavy atom. The van der Waals surface area contributed by atoms with Gasteiger partial charge in [0.2, 0.25) is 11.8 Å². The highest BCUT2D eigenvalue weighted by atomic mass is 79.9. The van der Waals surface area contributed by atoms with Crippen LogP contribution in [-0.4, -0.2) is 22.8 Å². The Labute approximate surface area is 180 Å². The van der Waals surface area contributed by atoms with Gasteiger partial charge in [-0.3, -0.25) is 9.59 Å². The quantitative estimate of drug-likeness (QED) is 0.584. The van der Waals surface area contributed by atoms with Crippen molar-refractivity contribution in [3.05, 3.63) is 70.6 Å². The molecule has 5 nitrogen and oxygen atoms in total. The molecule has 6 heteroatoms. The molecule has 1 saturated carbocycles. The lowest BCUT2D eigenvalue weighted by Crippen LogP contribution is -2.46. The van der Waals surface area contributed by atoms with Gasteiger partial charge >= 0.3 is 0 Å². The van der Waals surface area contributed by atoms with Gasteiger partial charge in [-0.15, -0.1) is 0 Å². The van der Waals surface area contributed by atoms with E-state index in [2.05, 4.69) is 21.2 Å². The Kier molecular flexibility index (Phi) is 7.69. The summed E-state index contributed by atoms with van der Waals surface area (Å²) in [6.45, 7) is 2.00. The smallest absolute Gasteiger partial charge is 0.247 e. The highest BCUT2D eigenvalue weighted by Crippen LogP contribution is 2.31. The van der Waals surface area contributed by atoms with Gasteiger partial charge in [0, 0.05) is 10.5 Å². The normalized spacial score (nSPS) is 15.9. The topological polar surface area (TPSA) is 62.6 Å². The van der Waals surface area contributed by atoms with Crippen molar-refractivity contribution in [3.8, 4) is 0 Å². The first-order valence-electron chi connectivity index (χ1n) is 10.1. The maximum atomic E-state index is 13.5. The number of furan rings is 1. The molecule has 3 rings (SSSR count). The maximum absolute atomic E-state index is 13.5. The molecule has 0 aliphatic heterocycles. The molecule has 0 bridgehead atoms. The predicted octanol–water partition coefficient (Wildman–Crippen LogP) is 5.14. The van der Waals surface area contributed by atoms with E-state index in [9.17, 15) is 9.59 Å². The predicted molar refractivity (Wildman–Crippen MR) is 116 cm³/mol. The summed E-state index contributed by atoms with van der Waals surface area (Å²) in [5.41, 5.74) is 0.755. The van der Waals surface area contributed by atoms with Crippen molar-refractivity contribution in [3.63, 3.8) is 0 Å². The van der Waals surface area contributed by atoms with Gasteiger partial charge in [-0.05, 0) is 49.6 Å². The third kappa shape index (κ3) is 5.60. The fourth-order valence-corrected chi connectivity index (χ4v) is 4.28.